The fourth-order valence-corrected chi connectivity index (χ4v) is 7.46. The van der Waals surface area contributed by atoms with Crippen LogP contribution in [0.5, 0.6) is 0 Å². The highest BCUT2D eigenvalue weighted by molar-refractivity contribution is 7.47. The number of hydrogen-bond donors (Lipinski definition) is 2. The molecule has 0 saturated heterocycles. The molecule has 1 aliphatic rings. The standard InChI is InChI=1S/C40H78NO8P/c1-3-5-7-9-10-11-12-13-14-15-18-21-25-29-39(42)46-34-38(35-48-50(44,45)47-32-31-41)49-40(43)30-26-22-19-16-17-20-24-28-37-33-36(37)27-23-8-6-4-2/h36-38H,3-35,41H2,1-2H3,(H,44,45)/t36-,37+,38+/m0/s1. The van der Waals surface area contributed by atoms with Gasteiger partial charge in [0.25, 0.3) is 0 Å². The first kappa shape index (κ1) is 47.0. The van der Waals surface area contributed by atoms with E-state index in [4.69, 9.17) is 24.3 Å². The quantitative estimate of drug-likeness (QED) is 0.0361. The predicted molar refractivity (Wildman–Crippen MR) is 204 cm³/mol. The van der Waals surface area contributed by atoms with Gasteiger partial charge in [0.15, 0.2) is 6.10 Å². The van der Waals surface area contributed by atoms with E-state index in [2.05, 4.69) is 13.8 Å². The third-order valence-electron chi connectivity index (χ3n) is 9.96. The summed E-state index contributed by atoms with van der Waals surface area (Å²) in [6.45, 7) is 3.78. The lowest BCUT2D eigenvalue weighted by atomic mass is 10.0. The molecule has 0 heterocycles. The number of carbonyl (C=O) groups is 2. The highest BCUT2D eigenvalue weighted by Crippen LogP contribution is 2.46. The normalized spacial score (nSPS) is 17.4. The third kappa shape index (κ3) is 29.6. The molecule has 50 heavy (non-hydrogen) atoms. The number of rotatable bonds is 38. The molecule has 1 unspecified atom stereocenters. The molecule has 3 N–H and O–H groups in total. The summed E-state index contributed by atoms with van der Waals surface area (Å²) in [6.07, 6.45) is 33.1. The second-order valence-corrected chi connectivity index (χ2v) is 16.2. The van der Waals surface area contributed by atoms with Crippen molar-refractivity contribution >= 4 is 19.8 Å². The van der Waals surface area contributed by atoms with Crippen LogP contribution in [0.1, 0.15) is 200 Å². The molecule has 296 valence electrons. The Morgan fingerprint density at radius 3 is 1.52 bits per heavy atom. The van der Waals surface area contributed by atoms with Crippen molar-refractivity contribution in [2.45, 2.75) is 206 Å². The zero-order valence-corrected chi connectivity index (χ0v) is 33.3. The van der Waals surface area contributed by atoms with Gasteiger partial charge in [-0.25, -0.2) is 4.57 Å². The molecule has 10 heteroatoms. The van der Waals surface area contributed by atoms with E-state index >= 15 is 0 Å². The zero-order valence-electron chi connectivity index (χ0n) is 32.4. The second kappa shape index (κ2) is 32.6. The summed E-state index contributed by atoms with van der Waals surface area (Å²) in [6, 6.07) is 0. The summed E-state index contributed by atoms with van der Waals surface area (Å²) < 4.78 is 32.8. The Morgan fingerprint density at radius 1 is 0.620 bits per heavy atom. The molecule has 4 atom stereocenters. The van der Waals surface area contributed by atoms with Crippen molar-refractivity contribution in [2.24, 2.45) is 17.6 Å². The number of hydrogen-bond acceptors (Lipinski definition) is 8. The molecule has 0 aromatic carbocycles. The van der Waals surface area contributed by atoms with Crippen LogP contribution in [0.15, 0.2) is 0 Å². The lowest BCUT2D eigenvalue weighted by molar-refractivity contribution is -0.161. The van der Waals surface area contributed by atoms with Crippen molar-refractivity contribution in [2.75, 3.05) is 26.4 Å². The Kier molecular flexibility index (Phi) is 30.7. The lowest BCUT2D eigenvalue weighted by Gasteiger charge is -2.19. The number of phosphoric acid groups is 1. The van der Waals surface area contributed by atoms with E-state index in [0.29, 0.717) is 6.42 Å². The summed E-state index contributed by atoms with van der Waals surface area (Å²) in [4.78, 5) is 34.8. The first-order valence-electron chi connectivity index (χ1n) is 21.0. The lowest BCUT2D eigenvalue weighted by Crippen LogP contribution is -2.29. The minimum Gasteiger partial charge on any atom is -0.462 e. The monoisotopic (exact) mass is 732 g/mol. The first-order chi connectivity index (χ1) is 24.3. The Labute approximate surface area is 306 Å². The molecule has 0 aliphatic heterocycles. The van der Waals surface area contributed by atoms with Crippen LogP contribution in [0.25, 0.3) is 0 Å². The van der Waals surface area contributed by atoms with Crippen molar-refractivity contribution in [1.82, 2.24) is 0 Å². The van der Waals surface area contributed by atoms with E-state index in [1.807, 2.05) is 0 Å². The Balaban J connectivity index is 2.17. The molecule has 1 rings (SSSR count). The van der Waals surface area contributed by atoms with E-state index < -0.39 is 26.5 Å². The van der Waals surface area contributed by atoms with Gasteiger partial charge in [0, 0.05) is 19.4 Å². The predicted octanol–water partition coefficient (Wildman–Crippen LogP) is 11.1. The van der Waals surface area contributed by atoms with Crippen LogP contribution in [0.2, 0.25) is 0 Å². The smallest absolute Gasteiger partial charge is 0.462 e. The molecule has 0 aromatic heterocycles. The average Bonchev–Trinajstić information content (AvgIpc) is 3.86. The molecule has 0 spiro atoms. The van der Waals surface area contributed by atoms with Crippen molar-refractivity contribution < 1.29 is 37.6 Å². The van der Waals surface area contributed by atoms with Crippen LogP contribution in [0.3, 0.4) is 0 Å². The molecule has 0 amide bonds. The molecule has 0 aromatic rings. The number of unbranched alkanes of at least 4 members (excludes halogenated alkanes) is 21. The highest BCUT2D eigenvalue weighted by atomic mass is 31.2. The zero-order chi connectivity index (χ0) is 36.5. The van der Waals surface area contributed by atoms with E-state index in [1.54, 1.807) is 0 Å². The Hall–Kier alpha value is -0.990. The minimum atomic E-state index is -4.36. The summed E-state index contributed by atoms with van der Waals surface area (Å²) >= 11 is 0. The molecular formula is C40H78NO8P. The third-order valence-corrected chi connectivity index (χ3v) is 10.9. The SMILES string of the molecule is CCCCCCCCCCCCCCCC(=O)OC[C@H](COP(=O)(O)OCCN)OC(=O)CCCCCCCCC[C@@H]1C[C@@H]1CCCCCC. The van der Waals surface area contributed by atoms with Crippen LogP contribution in [-0.4, -0.2) is 49.3 Å². The molecule has 1 aliphatic carbocycles. The van der Waals surface area contributed by atoms with Gasteiger partial charge in [-0.15, -0.1) is 0 Å². The van der Waals surface area contributed by atoms with Crippen LogP contribution < -0.4 is 5.73 Å². The van der Waals surface area contributed by atoms with Gasteiger partial charge in [-0.3, -0.25) is 18.6 Å². The van der Waals surface area contributed by atoms with Gasteiger partial charge in [0.2, 0.25) is 0 Å². The minimum absolute atomic E-state index is 0.0588. The van der Waals surface area contributed by atoms with Gasteiger partial charge in [-0.1, -0.05) is 168 Å². The number of phosphoric ester groups is 1. The fraction of sp³-hybridized carbons (Fsp3) is 0.950. The Bertz CT molecular complexity index is 859. The van der Waals surface area contributed by atoms with Crippen molar-refractivity contribution in [1.29, 1.82) is 0 Å². The maximum atomic E-state index is 12.6. The van der Waals surface area contributed by atoms with Gasteiger partial charge in [0.1, 0.15) is 6.61 Å². The average molecular weight is 732 g/mol. The van der Waals surface area contributed by atoms with E-state index in [1.165, 1.54) is 135 Å². The van der Waals surface area contributed by atoms with Crippen molar-refractivity contribution in [3.63, 3.8) is 0 Å². The highest BCUT2D eigenvalue weighted by Gasteiger charge is 2.35. The van der Waals surface area contributed by atoms with Gasteiger partial charge >= 0.3 is 19.8 Å². The maximum absolute atomic E-state index is 12.6. The van der Waals surface area contributed by atoms with Gasteiger partial charge < -0.3 is 20.1 Å². The van der Waals surface area contributed by atoms with Crippen LogP contribution >= 0.6 is 7.82 Å². The van der Waals surface area contributed by atoms with Gasteiger partial charge in [-0.2, -0.15) is 0 Å². The van der Waals surface area contributed by atoms with Crippen molar-refractivity contribution in [3.8, 4) is 0 Å². The molecule has 9 nitrogen and oxygen atoms in total. The van der Waals surface area contributed by atoms with Gasteiger partial charge in [-0.05, 0) is 31.1 Å². The summed E-state index contributed by atoms with van der Waals surface area (Å²) in [5, 5.41) is 0. The second-order valence-electron chi connectivity index (χ2n) is 14.8. The molecule has 1 fully saturated rings. The van der Waals surface area contributed by atoms with Crippen LogP contribution in [-0.2, 0) is 32.7 Å². The topological polar surface area (TPSA) is 134 Å². The largest absolute Gasteiger partial charge is 0.472 e. The number of nitrogens with two attached hydrogens (primary N) is 1. The number of esters is 2. The van der Waals surface area contributed by atoms with Crippen LogP contribution in [0.4, 0.5) is 0 Å². The summed E-state index contributed by atoms with van der Waals surface area (Å²) in [5.41, 5.74) is 5.34. The fourth-order valence-electron chi connectivity index (χ4n) is 6.70. The molecule has 0 bridgehead atoms. The maximum Gasteiger partial charge on any atom is 0.472 e. The summed E-state index contributed by atoms with van der Waals surface area (Å²) in [5.74, 6) is 1.19. The number of carbonyl (C=O) groups excluding carboxylic acids is 2. The molecule has 0 radical (unpaired) electrons. The van der Waals surface area contributed by atoms with E-state index in [9.17, 15) is 19.0 Å². The number of ether oxygens (including phenoxy) is 2. The first-order valence-corrected chi connectivity index (χ1v) is 22.5. The Morgan fingerprint density at radius 2 is 1.04 bits per heavy atom. The van der Waals surface area contributed by atoms with Crippen molar-refractivity contribution in [3.05, 3.63) is 0 Å². The van der Waals surface area contributed by atoms with Crippen LogP contribution in [0, 0.1) is 11.8 Å². The molecule has 1 saturated carbocycles. The van der Waals surface area contributed by atoms with E-state index in [-0.39, 0.29) is 38.6 Å². The van der Waals surface area contributed by atoms with E-state index in [0.717, 1.165) is 43.9 Å². The summed E-state index contributed by atoms with van der Waals surface area (Å²) in [7, 11) is -4.36. The molecular weight excluding hydrogens is 653 g/mol. The van der Waals surface area contributed by atoms with Gasteiger partial charge in [0.05, 0.1) is 13.2 Å².